The third-order valence-corrected chi connectivity index (χ3v) is 11.3. The molecule has 0 amide bonds. The minimum atomic E-state index is -0.303. The first kappa shape index (κ1) is 23.8. The predicted octanol–water partition coefficient (Wildman–Crippen LogP) is 7.00. The van der Waals surface area contributed by atoms with E-state index in [2.05, 4.69) is 47.6 Å². The van der Waals surface area contributed by atoms with Gasteiger partial charge in [0, 0.05) is 0 Å². The van der Waals surface area contributed by atoms with Gasteiger partial charge >= 0.3 is 0 Å². The van der Waals surface area contributed by atoms with Gasteiger partial charge in [0.05, 0.1) is 12.2 Å². The van der Waals surface area contributed by atoms with Gasteiger partial charge in [-0.15, -0.1) is 0 Å². The number of aliphatic hydroxyl groups is 2. The molecule has 0 aromatic heterocycles. The van der Waals surface area contributed by atoms with Crippen molar-refractivity contribution in [3.05, 3.63) is 11.6 Å². The first-order valence-electron chi connectivity index (χ1n) is 13.7. The highest BCUT2D eigenvalue weighted by molar-refractivity contribution is 5.27. The van der Waals surface area contributed by atoms with E-state index >= 15 is 0 Å². The van der Waals surface area contributed by atoms with E-state index in [-0.39, 0.29) is 17.6 Å². The molecule has 4 aliphatic rings. The molecule has 0 bridgehead atoms. The van der Waals surface area contributed by atoms with Crippen LogP contribution in [0.1, 0.15) is 106 Å². The first-order chi connectivity index (χ1) is 14.6. The van der Waals surface area contributed by atoms with Crippen LogP contribution in [0.5, 0.6) is 0 Å². The van der Waals surface area contributed by atoms with Crippen LogP contribution >= 0.6 is 0 Å². The Morgan fingerprint density at radius 2 is 1.71 bits per heavy atom. The Bertz CT molecular complexity index is 668. The van der Waals surface area contributed by atoms with Gasteiger partial charge in [-0.25, -0.2) is 0 Å². The van der Waals surface area contributed by atoms with Crippen molar-refractivity contribution < 1.29 is 10.2 Å². The molecule has 0 spiro atoms. The summed E-state index contributed by atoms with van der Waals surface area (Å²) in [5, 5.41) is 21.6. The Hall–Kier alpha value is -0.340. The van der Waals surface area contributed by atoms with Crippen LogP contribution in [0, 0.1) is 52.3 Å². The molecule has 0 saturated heterocycles. The van der Waals surface area contributed by atoms with Crippen molar-refractivity contribution in [1.29, 1.82) is 0 Å². The third-order valence-electron chi connectivity index (χ3n) is 11.3. The Labute approximate surface area is 192 Å². The van der Waals surface area contributed by atoms with Crippen LogP contribution in [0.3, 0.4) is 0 Å². The Balaban J connectivity index is 1.52. The predicted molar refractivity (Wildman–Crippen MR) is 130 cm³/mol. The summed E-state index contributed by atoms with van der Waals surface area (Å²) in [5.41, 5.74) is 1.97. The van der Waals surface area contributed by atoms with E-state index in [0.717, 1.165) is 42.9 Å². The second kappa shape index (κ2) is 8.79. The summed E-state index contributed by atoms with van der Waals surface area (Å²) in [6.07, 6.45) is 13.9. The highest BCUT2D eigenvalue weighted by Gasteiger charge is 2.61. The Morgan fingerprint density at radius 3 is 2.39 bits per heavy atom. The largest absolute Gasteiger partial charge is 0.393 e. The van der Waals surface area contributed by atoms with Crippen molar-refractivity contribution in [3.63, 3.8) is 0 Å². The van der Waals surface area contributed by atoms with Gasteiger partial charge in [0.25, 0.3) is 0 Å². The second-order valence-electron chi connectivity index (χ2n) is 13.0. The van der Waals surface area contributed by atoms with Crippen molar-refractivity contribution in [2.75, 3.05) is 0 Å². The molecule has 0 radical (unpaired) electrons. The van der Waals surface area contributed by atoms with Crippen LogP contribution in [0.4, 0.5) is 0 Å². The van der Waals surface area contributed by atoms with E-state index in [4.69, 9.17) is 0 Å². The van der Waals surface area contributed by atoms with Gasteiger partial charge < -0.3 is 10.2 Å². The van der Waals surface area contributed by atoms with Gasteiger partial charge in [-0.1, -0.05) is 66.0 Å². The minimum absolute atomic E-state index is 0.202. The smallest absolute Gasteiger partial charge is 0.0757 e. The number of hydrogen-bond acceptors (Lipinski definition) is 2. The molecule has 2 N–H and O–H groups in total. The molecule has 0 aliphatic heterocycles. The van der Waals surface area contributed by atoms with Crippen LogP contribution in [0.15, 0.2) is 11.6 Å². The average Bonchev–Trinajstić information content (AvgIpc) is 3.06. The van der Waals surface area contributed by atoms with E-state index in [1.807, 2.05) is 0 Å². The van der Waals surface area contributed by atoms with E-state index in [9.17, 15) is 10.2 Å². The first-order valence-corrected chi connectivity index (χ1v) is 13.7. The van der Waals surface area contributed by atoms with Crippen LogP contribution in [-0.4, -0.2) is 22.4 Å². The van der Waals surface area contributed by atoms with Crippen molar-refractivity contribution in [3.8, 4) is 0 Å². The molecular formula is C29H50O2. The molecule has 4 aliphatic carbocycles. The molecule has 0 heterocycles. The highest BCUT2D eigenvalue weighted by atomic mass is 16.3. The molecular weight excluding hydrogens is 380 g/mol. The zero-order valence-electron chi connectivity index (χ0n) is 21.2. The fourth-order valence-electron chi connectivity index (χ4n) is 9.29. The molecule has 2 heteroatoms. The van der Waals surface area contributed by atoms with E-state index < -0.39 is 0 Å². The lowest BCUT2D eigenvalue weighted by molar-refractivity contribution is -0.0972. The summed E-state index contributed by atoms with van der Waals surface area (Å²) < 4.78 is 0. The SMILES string of the molecule is CC[C@H](CC[C@@H](C)[C@H]1CCC2[C@H]3C(CC[C@@]21C)[C@@]1(C)CC[C@H](O)CC1=C[C@@H]3O)C(C)C. The van der Waals surface area contributed by atoms with Gasteiger partial charge in [0.15, 0.2) is 0 Å². The molecule has 10 atom stereocenters. The second-order valence-corrected chi connectivity index (χ2v) is 13.0. The van der Waals surface area contributed by atoms with Gasteiger partial charge in [-0.05, 0) is 104 Å². The summed E-state index contributed by atoms with van der Waals surface area (Å²) in [6, 6.07) is 0. The molecule has 2 unspecified atom stereocenters. The molecule has 3 saturated carbocycles. The fraction of sp³-hybridized carbons (Fsp3) is 0.931. The summed E-state index contributed by atoms with van der Waals surface area (Å²) in [6.45, 7) is 14.7. The molecule has 4 rings (SSSR count). The zero-order valence-corrected chi connectivity index (χ0v) is 21.2. The standard InChI is InChI=1S/C29H50O2/c1-7-20(18(2)3)9-8-19(4)23-10-11-24-27-25(13-15-29(23,24)6)28(5)14-12-22(30)16-21(28)17-26(27)31/h17-20,22-27,30-31H,7-16H2,1-6H3/t19-,20-,22+,23-,24?,25?,26+,27+,28+,29-/m1/s1. The lowest BCUT2D eigenvalue weighted by Gasteiger charge is -2.59. The summed E-state index contributed by atoms with van der Waals surface area (Å²) in [5.74, 6) is 4.99. The number of hydrogen-bond donors (Lipinski definition) is 2. The van der Waals surface area contributed by atoms with Gasteiger partial charge in [-0.3, -0.25) is 0 Å². The maximum atomic E-state index is 11.3. The topological polar surface area (TPSA) is 40.5 Å². The number of fused-ring (bicyclic) bond motifs is 5. The van der Waals surface area contributed by atoms with Crippen LogP contribution in [-0.2, 0) is 0 Å². The van der Waals surface area contributed by atoms with Crippen molar-refractivity contribution >= 4 is 0 Å². The average molecular weight is 431 g/mol. The van der Waals surface area contributed by atoms with Crippen molar-refractivity contribution in [1.82, 2.24) is 0 Å². The van der Waals surface area contributed by atoms with Gasteiger partial charge in [0.1, 0.15) is 0 Å². The molecule has 0 aromatic carbocycles. The quantitative estimate of drug-likeness (QED) is 0.446. The molecule has 178 valence electrons. The number of aliphatic hydroxyl groups excluding tert-OH is 2. The van der Waals surface area contributed by atoms with Crippen molar-refractivity contribution in [2.24, 2.45) is 52.3 Å². The fourth-order valence-corrected chi connectivity index (χ4v) is 9.29. The lowest BCUT2D eigenvalue weighted by Crippen LogP contribution is -2.54. The Kier molecular flexibility index (Phi) is 6.75. The Morgan fingerprint density at radius 1 is 0.968 bits per heavy atom. The maximum absolute atomic E-state index is 11.3. The lowest BCUT2D eigenvalue weighted by atomic mass is 9.46. The van der Waals surface area contributed by atoms with Crippen molar-refractivity contribution in [2.45, 2.75) is 118 Å². The van der Waals surface area contributed by atoms with Gasteiger partial charge in [-0.2, -0.15) is 0 Å². The summed E-state index contributed by atoms with van der Waals surface area (Å²) in [7, 11) is 0. The minimum Gasteiger partial charge on any atom is -0.393 e. The maximum Gasteiger partial charge on any atom is 0.0757 e. The van der Waals surface area contributed by atoms with E-state index in [1.54, 1.807) is 0 Å². The molecule has 0 aromatic rings. The molecule has 2 nitrogen and oxygen atoms in total. The van der Waals surface area contributed by atoms with Crippen LogP contribution < -0.4 is 0 Å². The van der Waals surface area contributed by atoms with E-state index in [1.165, 1.54) is 50.5 Å². The monoisotopic (exact) mass is 430 g/mol. The third kappa shape index (κ3) is 3.96. The highest BCUT2D eigenvalue weighted by Crippen LogP contribution is 2.67. The molecule has 31 heavy (non-hydrogen) atoms. The molecule has 3 fully saturated rings. The summed E-state index contributed by atoms with van der Waals surface area (Å²) in [4.78, 5) is 0. The van der Waals surface area contributed by atoms with Gasteiger partial charge in [0.2, 0.25) is 0 Å². The summed E-state index contributed by atoms with van der Waals surface area (Å²) >= 11 is 0. The van der Waals surface area contributed by atoms with Crippen LogP contribution in [0.25, 0.3) is 0 Å². The normalized spacial score (nSPS) is 46.7. The van der Waals surface area contributed by atoms with Crippen LogP contribution in [0.2, 0.25) is 0 Å². The zero-order chi connectivity index (χ0) is 22.6. The number of rotatable bonds is 6. The van der Waals surface area contributed by atoms with E-state index in [0.29, 0.717) is 23.2 Å².